The van der Waals surface area contributed by atoms with Crippen LogP contribution in [0.1, 0.15) is 12.5 Å². The Hall–Kier alpha value is -1.95. The number of nitrogens with zero attached hydrogens (tertiary/aromatic N) is 1. The summed E-state index contributed by atoms with van der Waals surface area (Å²) >= 11 is 0. The summed E-state index contributed by atoms with van der Waals surface area (Å²) < 4.78 is 0. The van der Waals surface area contributed by atoms with E-state index in [2.05, 4.69) is 10.6 Å². The van der Waals surface area contributed by atoms with E-state index >= 15 is 0 Å². The molecule has 0 spiro atoms. The number of carbonyl (C=O) groups excluding carboxylic acids is 1. The normalized spacial score (nSPS) is 22.2. The fraction of sp³-hybridized carbons (Fsp3) is 0.462. The highest BCUT2D eigenvalue weighted by Crippen LogP contribution is 2.24. The highest BCUT2D eigenvalue weighted by Gasteiger charge is 2.29. The maximum absolute atomic E-state index is 12.1. The number of rotatable bonds is 3. The van der Waals surface area contributed by atoms with Crippen molar-refractivity contribution in [2.75, 3.05) is 18.4 Å². The van der Waals surface area contributed by atoms with Crippen molar-refractivity contribution in [1.82, 2.24) is 5.32 Å². The molecule has 19 heavy (non-hydrogen) atoms. The van der Waals surface area contributed by atoms with E-state index in [-0.39, 0.29) is 23.4 Å². The Morgan fingerprint density at radius 2 is 2.21 bits per heavy atom. The van der Waals surface area contributed by atoms with E-state index in [9.17, 15) is 14.9 Å². The van der Waals surface area contributed by atoms with Gasteiger partial charge in [-0.3, -0.25) is 14.9 Å². The number of hydrogen-bond acceptors (Lipinski definition) is 4. The predicted molar refractivity (Wildman–Crippen MR) is 72.0 cm³/mol. The van der Waals surface area contributed by atoms with Gasteiger partial charge >= 0.3 is 0 Å². The van der Waals surface area contributed by atoms with Gasteiger partial charge in [0.05, 0.1) is 16.5 Å². The quantitative estimate of drug-likeness (QED) is 0.642. The van der Waals surface area contributed by atoms with Crippen LogP contribution in [0, 0.1) is 28.9 Å². The number of benzene rings is 1. The number of nitro benzene ring substituents is 1. The van der Waals surface area contributed by atoms with Crippen molar-refractivity contribution in [2.24, 2.45) is 11.8 Å². The Morgan fingerprint density at radius 3 is 2.79 bits per heavy atom. The molecule has 2 rings (SSSR count). The molecule has 1 saturated heterocycles. The van der Waals surface area contributed by atoms with Gasteiger partial charge in [0.1, 0.15) is 0 Å². The van der Waals surface area contributed by atoms with Crippen LogP contribution in [0.3, 0.4) is 0 Å². The summed E-state index contributed by atoms with van der Waals surface area (Å²) in [4.78, 5) is 22.4. The number of aryl methyl sites for hydroxylation is 1. The van der Waals surface area contributed by atoms with E-state index in [0.717, 1.165) is 12.1 Å². The van der Waals surface area contributed by atoms with Crippen molar-refractivity contribution >= 4 is 17.3 Å². The maximum atomic E-state index is 12.1. The topological polar surface area (TPSA) is 84.3 Å². The molecule has 1 amide bonds. The van der Waals surface area contributed by atoms with Crippen molar-refractivity contribution in [3.05, 3.63) is 33.9 Å². The number of hydrogen-bond donors (Lipinski definition) is 2. The third-order valence-electron chi connectivity index (χ3n) is 3.54. The number of carbonyl (C=O) groups is 1. The van der Waals surface area contributed by atoms with Crippen molar-refractivity contribution < 1.29 is 9.72 Å². The minimum Gasteiger partial charge on any atom is -0.325 e. The molecule has 2 N–H and O–H groups in total. The van der Waals surface area contributed by atoms with Crippen molar-refractivity contribution in [2.45, 2.75) is 13.8 Å². The molecule has 0 aromatic heterocycles. The predicted octanol–water partition coefficient (Wildman–Crippen LogP) is 1.70. The molecular weight excluding hydrogens is 246 g/mol. The molecule has 0 unspecified atom stereocenters. The third-order valence-corrected chi connectivity index (χ3v) is 3.54. The van der Waals surface area contributed by atoms with E-state index in [0.29, 0.717) is 12.2 Å². The average Bonchev–Trinajstić information content (AvgIpc) is 2.78. The lowest BCUT2D eigenvalue weighted by atomic mass is 9.97. The maximum Gasteiger partial charge on any atom is 0.271 e. The Labute approximate surface area is 111 Å². The molecule has 6 nitrogen and oxygen atoms in total. The molecule has 0 bridgehead atoms. The number of nitro groups is 1. The molecule has 2 atom stereocenters. The first-order valence-corrected chi connectivity index (χ1v) is 6.25. The molecule has 1 fully saturated rings. The van der Waals surface area contributed by atoms with Gasteiger partial charge in [0.25, 0.3) is 5.69 Å². The molecule has 1 aromatic carbocycles. The molecule has 1 aliphatic rings. The van der Waals surface area contributed by atoms with Crippen LogP contribution in [0.15, 0.2) is 18.2 Å². The van der Waals surface area contributed by atoms with Gasteiger partial charge in [-0.1, -0.05) is 13.0 Å². The van der Waals surface area contributed by atoms with Crippen molar-refractivity contribution in [3.63, 3.8) is 0 Å². The first-order chi connectivity index (χ1) is 8.99. The summed E-state index contributed by atoms with van der Waals surface area (Å²) in [5.41, 5.74) is 1.31. The molecule has 1 aliphatic heterocycles. The van der Waals surface area contributed by atoms with Gasteiger partial charge in [-0.2, -0.15) is 0 Å². The molecule has 1 heterocycles. The van der Waals surface area contributed by atoms with Gasteiger partial charge in [0, 0.05) is 18.7 Å². The van der Waals surface area contributed by atoms with Gasteiger partial charge in [-0.25, -0.2) is 0 Å². The van der Waals surface area contributed by atoms with Gasteiger partial charge < -0.3 is 10.6 Å². The zero-order valence-electron chi connectivity index (χ0n) is 11.0. The first kappa shape index (κ1) is 13.5. The molecule has 1 aromatic rings. The van der Waals surface area contributed by atoms with Crippen LogP contribution in [0.4, 0.5) is 11.4 Å². The molecule has 0 aliphatic carbocycles. The summed E-state index contributed by atoms with van der Waals surface area (Å²) in [5, 5.41) is 16.7. The number of anilines is 1. The molecule has 102 valence electrons. The zero-order chi connectivity index (χ0) is 14.0. The van der Waals surface area contributed by atoms with Crippen LogP contribution in [0.2, 0.25) is 0 Å². The Bertz CT molecular complexity index is 516. The second-order valence-corrected chi connectivity index (χ2v) is 4.99. The van der Waals surface area contributed by atoms with E-state index in [1.54, 1.807) is 6.07 Å². The van der Waals surface area contributed by atoms with E-state index < -0.39 is 4.92 Å². The van der Waals surface area contributed by atoms with Crippen LogP contribution in [-0.2, 0) is 4.79 Å². The van der Waals surface area contributed by atoms with Crippen LogP contribution in [0.25, 0.3) is 0 Å². The standard InChI is InChI=1S/C13H17N3O3/c1-8-3-4-10(16(18)19)5-12(8)15-13(17)11-7-14-6-9(11)2/h3-5,9,11,14H,6-7H2,1-2H3,(H,15,17)/t9-,11-/m1/s1. The third kappa shape index (κ3) is 2.90. The molecule has 6 heteroatoms. The SMILES string of the molecule is Cc1ccc([N+](=O)[O-])cc1NC(=O)[C@@H]1CNC[C@H]1C. The van der Waals surface area contributed by atoms with E-state index in [1.165, 1.54) is 12.1 Å². The molecular formula is C13H17N3O3. The lowest BCUT2D eigenvalue weighted by Crippen LogP contribution is -2.28. The molecule has 0 radical (unpaired) electrons. The Morgan fingerprint density at radius 1 is 1.47 bits per heavy atom. The van der Waals surface area contributed by atoms with E-state index in [1.807, 2.05) is 13.8 Å². The summed E-state index contributed by atoms with van der Waals surface area (Å²) in [5.74, 6) is 0.110. The minimum atomic E-state index is -0.463. The highest BCUT2D eigenvalue weighted by atomic mass is 16.6. The van der Waals surface area contributed by atoms with Crippen LogP contribution >= 0.6 is 0 Å². The summed E-state index contributed by atoms with van der Waals surface area (Å²) in [6.45, 7) is 5.31. The van der Waals surface area contributed by atoms with Gasteiger partial charge in [0.15, 0.2) is 0 Å². The second-order valence-electron chi connectivity index (χ2n) is 4.99. The van der Waals surface area contributed by atoms with Gasteiger partial charge in [0.2, 0.25) is 5.91 Å². The lowest BCUT2D eigenvalue weighted by Gasteiger charge is -2.15. The fourth-order valence-electron chi connectivity index (χ4n) is 2.24. The summed E-state index contributed by atoms with van der Waals surface area (Å²) in [6, 6.07) is 4.48. The van der Waals surface area contributed by atoms with Crippen LogP contribution in [-0.4, -0.2) is 23.9 Å². The fourth-order valence-corrected chi connectivity index (χ4v) is 2.24. The monoisotopic (exact) mass is 263 g/mol. The second kappa shape index (κ2) is 5.36. The van der Waals surface area contributed by atoms with Gasteiger partial charge in [-0.15, -0.1) is 0 Å². The summed E-state index contributed by atoms with van der Waals surface area (Å²) in [7, 11) is 0. The average molecular weight is 263 g/mol. The van der Waals surface area contributed by atoms with E-state index in [4.69, 9.17) is 0 Å². The minimum absolute atomic E-state index is 0.0153. The summed E-state index contributed by atoms with van der Waals surface area (Å²) in [6.07, 6.45) is 0. The van der Waals surface area contributed by atoms with Crippen molar-refractivity contribution in [1.29, 1.82) is 0 Å². The number of amides is 1. The molecule has 0 saturated carbocycles. The smallest absolute Gasteiger partial charge is 0.271 e. The van der Waals surface area contributed by atoms with Crippen LogP contribution < -0.4 is 10.6 Å². The largest absolute Gasteiger partial charge is 0.325 e. The number of nitrogens with one attached hydrogen (secondary N) is 2. The Balaban J connectivity index is 2.16. The first-order valence-electron chi connectivity index (χ1n) is 6.25. The highest BCUT2D eigenvalue weighted by molar-refractivity contribution is 5.94. The number of non-ortho nitro benzene ring substituents is 1. The zero-order valence-corrected chi connectivity index (χ0v) is 11.0. The Kier molecular flexibility index (Phi) is 3.80. The van der Waals surface area contributed by atoms with Gasteiger partial charge in [-0.05, 0) is 24.9 Å². The lowest BCUT2D eigenvalue weighted by molar-refractivity contribution is -0.384. The van der Waals surface area contributed by atoms with Crippen molar-refractivity contribution in [3.8, 4) is 0 Å². The van der Waals surface area contributed by atoms with Crippen LogP contribution in [0.5, 0.6) is 0 Å².